The summed E-state index contributed by atoms with van der Waals surface area (Å²) in [7, 11) is 0. The van der Waals surface area contributed by atoms with E-state index in [1.165, 1.54) is 12.2 Å². The van der Waals surface area contributed by atoms with E-state index in [-0.39, 0.29) is 10.6 Å². The van der Waals surface area contributed by atoms with Crippen LogP contribution in [0.4, 0.5) is 0 Å². The van der Waals surface area contributed by atoms with Crippen LogP contribution in [0.3, 0.4) is 0 Å². The molecule has 0 aromatic carbocycles. The van der Waals surface area contributed by atoms with Crippen molar-refractivity contribution in [3.8, 4) is 0 Å². The Morgan fingerprint density at radius 2 is 2.25 bits per heavy atom. The fraction of sp³-hybridized carbons (Fsp3) is 0.375. The molecule has 4 heteroatoms. The summed E-state index contributed by atoms with van der Waals surface area (Å²) < 4.78 is 0. The van der Waals surface area contributed by atoms with E-state index in [1.807, 2.05) is 0 Å². The number of Topliss-reactive ketones (excluding diaryl/α,β-unsaturated/α-hetero) is 1. The van der Waals surface area contributed by atoms with Crippen LogP contribution in [0.5, 0.6) is 0 Å². The van der Waals surface area contributed by atoms with E-state index in [1.54, 1.807) is 6.92 Å². The monoisotopic (exact) mass is 188 g/mol. The van der Waals surface area contributed by atoms with Crippen LogP contribution in [-0.4, -0.2) is 28.2 Å². The number of rotatable bonds is 1. The van der Waals surface area contributed by atoms with Crippen LogP contribution in [0.25, 0.3) is 0 Å². The predicted molar refractivity (Wildman–Crippen MR) is 44.7 cm³/mol. The molecule has 12 heavy (non-hydrogen) atoms. The Labute approximate surface area is 75.0 Å². The van der Waals surface area contributed by atoms with E-state index in [0.717, 1.165) is 0 Å². The third-order valence-electron chi connectivity index (χ3n) is 1.71. The summed E-state index contributed by atoms with van der Waals surface area (Å²) in [6.45, 7) is 1.67. The lowest BCUT2D eigenvalue weighted by Gasteiger charge is -2.03. The van der Waals surface area contributed by atoms with Crippen LogP contribution in [0.2, 0.25) is 0 Å². The summed E-state index contributed by atoms with van der Waals surface area (Å²) in [6.07, 6.45) is 0.320. The van der Waals surface area contributed by atoms with E-state index < -0.39 is 18.0 Å². The zero-order valence-corrected chi connectivity index (χ0v) is 7.25. The minimum Gasteiger partial charge on any atom is -0.386 e. The molecule has 0 amide bonds. The van der Waals surface area contributed by atoms with Gasteiger partial charge in [-0.25, -0.2) is 0 Å². The maximum atomic E-state index is 11.1. The van der Waals surface area contributed by atoms with E-state index >= 15 is 0 Å². The van der Waals surface area contributed by atoms with Gasteiger partial charge in [0, 0.05) is 10.6 Å². The van der Waals surface area contributed by atoms with E-state index in [2.05, 4.69) is 0 Å². The molecule has 0 bridgehead atoms. The maximum absolute atomic E-state index is 11.1. The molecule has 0 aliphatic heterocycles. The highest BCUT2D eigenvalue weighted by Gasteiger charge is 2.33. The first-order chi connectivity index (χ1) is 5.57. The van der Waals surface area contributed by atoms with Gasteiger partial charge >= 0.3 is 0 Å². The quantitative estimate of drug-likeness (QED) is 0.625. The molecule has 2 N–H and O–H groups in total. The molecule has 0 aromatic rings. The van der Waals surface area contributed by atoms with Crippen molar-refractivity contribution in [3.63, 3.8) is 0 Å². The van der Waals surface area contributed by atoms with Gasteiger partial charge in [0.1, 0.15) is 12.2 Å². The van der Waals surface area contributed by atoms with E-state index in [0.29, 0.717) is 0 Å². The first kappa shape index (κ1) is 9.45. The third kappa shape index (κ3) is 1.43. The summed E-state index contributed by atoms with van der Waals surface area (Å²) in [4.78, 5) is 11.1. The highest BCUT2D eigenvalue weighted by molar-refractivity contribution is 6.36. The molecule has 1 aliphatic carbocycles. The van der Waals surface area contributed by atoms with Crippen molar-refractivity contribution < 1.29 is 15.0 Å². The Balaban J connectivity index is 2.95. The summed E-state index contributed by atoms with van der Waals surface area (Å²) in [5.41, 5.74) is 0.194. The van der Waals surface area contributed by atoms with Crippen molar-refractivity contribution in [1.29, 1.82) is 0 Å². The van der Waals surface area contributed by atoms with Gasteiger partial charge in [0.05, 0.1) is 0 Å². The average Bonchev–Trinajstić information content (AvgIpc) is 2.32. The normalized spacial score (nSPS) is 30.8. The first-order valence-electron chi connectivity index (χ1n) is 3.52. The van der Waals surface area contributed by atoms with Gasteiger partial charge < -0.3 is 10.2 Å². The lowest BCUT2D eigenvalue weighted by atomic mass is 10.2. The number of hydrogen-bond donors (Lipinski definition) is 2. The molecular weight excluding hydrogens is 180 g/mol. The molecule has 0 radical (unpaired) electrons. The van der Waals surface area contributed by atoms with Gasteiger partial charge in [0.25, 0.3) is 0 Å². The Bertz CT molecular complexity index is 267. The maximum Gasteiger partial charge on any atom is 0.195 e. The van der Waals surface area contributed by atoms with Gasteiger partial charge in [0.2, 0.25) is 0 Å². The van der Waals surface area contributed by atoms with Gasteiger partial charge in [-0.15, -0.1) is 0 Å². The van der Waals surface area contributed by atoms with Crippen molar-refractivity contribution in [2.75, 3.05) is 0 Å². The number of aliphatic hydroxyl groups is 2. The lowest BCUT2D eigenvalue weighted by molar-refractivity contribution is -0.125. The lowest BCUT2D eigenvalue weighted by Crippen LogP contribution is -2.26. The Hall–Kier alpha value is -0.640. The molecule has 1 aliphatic rings. The SMILES string of the molecule is CC=C(Cl)C1=CC(O)C(O)C1=O. The second kappa shape index (κ2) is 3.39. The molecule has 0 spiro atoms. The number of allylic oxidation sites excluding steroid dienone is 2. The summed E-state index contributed by atoms with van der Waals surface area (Å²) >= 11 is 5.65. The third-order valence-corrected chi connectivity index (χ3v) is 2.13. The molecule has 0 fully saturated rings. The fourth-order valence-electron chi connectivity index (χ4n) is 1.01. The van der Waals surface area contributed by atoms with Crippen molar-refractivity contribution >= 4 is 17.4 Å². The van der Waals surface area contributed by atoms with Gasteiger partial charge in [-0.2, -0.15) is 0 Å². The van der Waals surface area contributed by atoms with Gasteiger partial charge in [-0.3, -0.25) is 4.79 Å². The minimum absolute atomic E-state index is 0.194. The zero-order valence-electron chi connectivity index (χ0n) is 6.49. The highest BCUT2D eigenvalue weighted by Crippen LogP contribution is 2.24. The van der Waals surface area contributed by atoms with Crippen LogP contribution in [0.1, 0.15) is 6.92 Å². The van der Waals surface area contributed by atoms with E-state index in [4.69, 9.17) is 21.8 Å². The number of hydrogen-bond acceptors (Lipinski definition) is 3. The Kier molecular flexibility index (Phi) is 2.67. The average molecular weight is 189 g/mol. The van der Waals surface area contributed by atoms with Gasteiger partial charge in [0.15, 0.2) is 5.78 Å². The largest absolute Gasteiger partial charge is 0.386 e. The number of halogens is 1. The smallest absolute Gasteiger partial charge is 0.195 e. The molecule has 0 aromatic heterocycles. The van der Waals surface area contributed by atoms with Crippen LogP contribution in [0.15, 0.2) is 22.8 Å². The van der Waals surface area contributed by atoms with Crippen LogP contribution in [0, 0.1) is 0 Å². The Morgan fingerprint density at radius 3 is 2.58 bits per heavy atom. The first-order valence-corrected chi connectivity index (χ1v) is 3.90. The van der Waals surface area contributed by atoms with Crippen molar-refractivity contribution in [2.24, 2.45) is 0 Å². The van der Waals surface area contributed by atoms with Crippen molar-refractivity contribution in [1.82, 2.24) is 0 Å². The van der Waals surface area contributed by atoms with Crippen LogP contribution >= 0.6 is 11.6 Å². The van der Waals surface area contributed by atoms with Crippen molar-refractivity contribution in [2.45, 2.75) is 19.1 Å². The zero-order chi connectivity index (χ0) is 9.30. The molecule has 3 nitrogen and oxygen atoms in total. The van der Waals surface area contributed by atoms with E-state index in [9.17, 15) is 4.79 Å². The Morgan fingerprint density at radius 1 is 1.67 bits per heavy atom. The number of carbonyl (C=O) groups excluding carboxylic acids is 1. The molecule has 66 valence electrons. The van der Waals surface area contributed by atoms with Crippen LogP contribution < -0.4 is 0 Å². The van der Waals surface area contributed by atoms with Gasteiger partial charge in [-0.05, 0) is 13.0 Å². The topological polar surface area (TPSA) is 57.5 Å². The summed E-state index contributed by atoms with van der Waals surface area (Å²) in [5, 5.41) is 18.4. The molecule has 0 heterocycles. The number of carbonyl (C=O) groups is 1. The minimum atomic E-state index is -1.35. The van der Waals surface area contributed by atoms with Crippen molar-refractivity contribution in [3.05, 3.63) is 22.8 Å². The fourth-order valence-corrected chi connectivity index (χ4v) is 1.17. The number of ketones is 1. The summed E-state index contributed by atoms with van der Waals surface area (Å²) in [6, 6.07) is 0. The molecule has 2 unspecified atom stereocenters. The molecule has 0 saturated heterocycles. The second-order valence-corrected chi connectivity index (χ2v) is 2.92. The standard InChI is InChI=1S/C8H9ClO3/c1-2-5(9)4-3-6(10)8(12)7(4)11/h2-3,6,8,10,12H,1H3. The number of aliphatic hydroxyl groups excluding tert-OH is 2. The molecule has 0 saturated carbocycles. The second-order valence-electron chi connectivity index (χ2n) is 2.52. The molecule has 1 rings (SSSR count). The highest BCUT2D eigenvalue weighted by atomic mass is 35.5. The molecular formula is C8H9ClO3. The molecule has 2 atom stereocenters. The predicted octanol–water partition coefficient (Wildman–Crippen LogP) is 0.360. The summed E-state index contributed by atoms with van der Waals surface area (Å²) in [5.74, 6) is -0.523. The van der Waals surface area contributed by atoms with Gasteiger partial charge in [-0.1, -0.05) is 17.7 Å². The van der Waals surface area contributed by atoms with Crippen LogP contribution in [-0.2, 0) is 4.79 Å².